The van der Waals surface area contributed by atoms with Crippen molar-refractivity contribution in [3.8, 4) is 0 Å². The van der Waals surface area contributed by atoms with E-state index in [9.17, 15) is 13.9 Å². The predicted octanol–water partition coefficient (Wildman–Crippen LogP) is 4.31. The first kappa shape index (κ1) is 13.3. The Hall–Kier alpha value is -1.74. The van der Waals surface area contributed by atoms with Crippen LogP contribution < -0.4 is 0 Å². The zero-order valence-electron chi connectivity index (χ0n) is 11.0. The van der Waals surface area contributed by atoms with E-state index >= 15 is 0 Å². The van der Waals surface area contributed by atoms with Gasteiger partial charge in [-0.05, 0) is 47.6 Å². The van der Waals surface area contributed by atoms with Gasteiger partial charge in [-0.25, -0.2) is 8.78 Å². The number of hydrogen-bond donors (Lipinski definition) is 1. The molecule has 0 aromatic heterocycles. The van der Waals surface area contributed by atoms with Crippen LogP contribution >= 0.6 is 0 Å². The molecule has 2 aromatic carbocycles. The number of benzene rings is 2. The van der Waals surface area contributed by atoms with Crippen LogP contribution in [-0.2, 0) is 0 Å². The van der Waals surface area contributed by atoms with Crippen LogP contribution in [0.15, 0.2) is 42.5 Å². The normalized spacial score (nSPS) is 16.8. The van der Waals surface area contributed by atoms with Crippen molar-refractivity contribution in [1.82, 2.24) is 0 Å². The Morgan fingerprint density at radius 3 is 2.25 bits per heavy atom. The molecular weight excluding hydrogens is 258 g/mol. The number of hydrogen-bond acceptors (Lipinski definition) is 1. The minimum Gasteiger partial charge on any atom is -0.384 e. The highest BCUT2D eigenvalue weighted by molar-refractivity contribution is 5.34. The minimum absolute atomic E-state index is 0.244. The van der Waals surface area contributed by atoms with Gasteiger partial charge in [0.15, 0.2) is 0 Å². The zero-order valence-corrected chi connectivity index (χ0v) is 11.0. The van der Waals surface area contributed by atoms with Crippen LogP contribution in [-0.4, -0.2) is 5.11 Å². The second-order valence-corrected chi connectivity index (χ2v) is 5.40. The van der Waals surface area contributed by atoms with Crippen LogP contribution in [0.5, 0.6) is 0 Å². The molecule has 1 atom stereocenters. The molecule has 0 aliphatic heterocycles. The lowest BCUT2D eigenvalue weighted by molar-refractivity contribution is 0.219. The Balaban J connectivity index is 1.91. The summed E-state index contributed by atoms with van der Waals surface area (Å²) in [7, 11) is 0. The van der Waals surface area contributed by atoms with E-state index in [1.54, 1.807) is 6.07 Å². The SMILES string of the molecule is OC(c1cc(F)cc(F)c1)c1cccc(C2CCC2)c1. The molecule has 0 bridgehead atoms. The van der Waals surface area contributed by atoms with Gasteiger partial charge in [0, 0.05) is 6.07 Å². The van der Waals surface area contributed by atoms with Gasteiger partial charge in [-0.3, -0.25) is 0 Å². The molecule has 0 spiro atoms. The van der Waals surface area contributed by atoms with Crippen LogP contribution in [0.1, 0.15) is 48.0 Å². The quantitative estimate of drug-likeness (QED) is 0.884. The minimum atomic E-state index is -1.000. The van der Waals surface area contributed by atoms with Crippen LogP contribution in [0, 0.1) is 11.6 Å². The maximum atomic E-state index is 13.2. The van der Waals surface area contributed by atoms with Crippen molar-refractivity contribution in [3.63, 3.8) is 0 Å². The Labute approximate surface area is 116 Å². The van der Waals surface area contributed by atoms with E-state index < -0.39 is 17.7 Å². The van der Waals surface area contributed by atoms with Crippen molar-refractivity contribution in [2.45, 2.75) is 31.3 Å². The molecule has 2 aromatic rings. The Bertz CT molecular complexity index is 600. The van der Waals surface area contributed by atoms with Crippen molar-refractivity contribution in [3.05, 3.63) is 70.8 Å². The second-order valence-electron chi connectivity index (χ2n) is 5.40. The third-order valence-corrected chi connectivity index (χ3v) is 4.00. The smallest absolute Gasteiger partial charge is 0.126 e. The van der Waals surface area contributed by atoms with Gasteiger partial charge in [0.1, 0.15) is 17.7 Å². The van der Waals surface area contributed by atoms with E-state index in [-0.39, 0.29) is 5.56 Å². The number of aliphatic hydroxyl groups is 1. The molecule has 20 heavy (non-hydrogen) atoms. The predicted molar refractivity (Wildman–Crippen MR) is 73.5 cm³/mol. The molecule has 1 N–H and O–H groups in total. The molecule has 104 valence electrons. The van der Waals surface area contributed by atoms with Crippen molar-refractivity contribution in [1.29, 1.82) is 0 Å². The summed E-state index contributed by atoms with van der Waals surface area (Å²) < 4.78 is 26.4. The van der Waals surface area contributed by atoms with E-state index in [4.69, 9.17) is 0 Å². The summed E-state index contributed by atoms with van der Waals surface area (Å²) in [4.78, 5) is 0. The highest BCUT2D eigenvalue weighted by Gasteiger charge is 2.21. The Kier molecular flexibility index (Phi) is 3.53. The maximum absolute atomic E-state index is 13.2. The van der Waals surface area contributed by atoms with Crippen LogP contribution in [0.25, 0.3) is 0 Å². The topological polar surface area (TPSA) is 20.2 Å². The first-order valence-corrected chi connectivity index (χ1v) is 6.87. The van der Waals surface area contributed by atoms with Gasteiger partial charge in [-0.15, -0.1) is 0 Å². The summed E-state index contributed by atoms with van der Waals surface area (Å²) >= 11 is 0. The molecule has 1 aliphatic carbocycles. The molecule has 1 aliphatic rings. The lowest BCUT2D eigenvalue weighted by Crippen LogP contribution is -2.10. The summed E-state index contributed by atoms with van der Waals surface area (Å²) in [6.45, 7) is 0. The van der Waals surface area contributed by atoms with E-state index in [2.05, 4.69) is 0 Å². The number of halogens is 2. The lowest BCUT2D eigenvalue weighted by Gasteiger charge is -2.26. The van der Waals surface area contributed by atoms with Crippen molar-refractivity contribution in [2.24, 2.45) is 0 Å². The number of aliphatic hydroxyl groups excluding tert-OH is 1. The zero-order chi connectivity index (χ0) is 14.1. The monoisotopic (exact) mass is 274 g/mol. The third-order valence-electron chi connectivity index (χ3n) is 4.00. The summed E-state index contributed by atoms with van der Waals surface area (Å²) in [5.74, 6) is -0.783. The molecule has 1 saturated carbocycles. The van der Waals surface area contributed by atoms with Crippen LogP contribution in [0.2, 0.25) is 0 Å². The Morgan fingerprint density at radius 1 is 0.950 bits per heavy atom. The molecule has 1 fully saturated rings. The average Bonchev–Trinajstić information content (AvgIpc) is 2.35. The van der Waals surface area contributed by atoms with Crippen molar-refractivity contribution in [2.75, 3.05) is 0 Å². The van der Waals surface area contributed by atoms with E-state index in [0.717, 1.165) is 6.07 Å². The van der Waals surface area contributed by atoms with Crippen molar-refractivity contribution >= 4 is 0 Å². The highest BCUT2D eigenvalue weighted by atomic mass is 19.1. The fraction of sp³-hybridized carbons (Fsp3) is 0.294. The largest absolute Gasteiger partial charge is 0.384 e. The van der Waals surface area contributed by atoms with Gasteiger partial charge in [0.05, 0.1) is 0 Å². The van der Waals surface area contributed by atoms with Crippen LogP contribution in [0.4, 0.5) is 8.78 Å². The van der Waals surface area contributed by atoms with Gasteiger partial charge in [-0.2, -0.15) is 0 Å². The second kappa shape index (κ2) is 5.33. The number of rotatable bonds is 3. The highest BCUT2D eigenvalue weighted by Crippen LogP contribution is 2.37. The van der Waals surface area contributed by atoms with Gasteiger partial charge < -0.3 is 5.11 Å². The van der Waals surface area contributed by atoms with Gasteiger partial charge in [0.2, 0.25) is 0 Å². The summed E-state index contributed by atoms with van der Waals surface area (Å²) in [6, 6.07) is 10.8. The first-order chi connectivity index (χ1) is 9.63. The van der Waals surface area contributed by atoms with E-state index in [0.29, 0.717) is 11.5 Å². The first-order valence-electron chi connectivity index (χ1n) is 6.87. The van der Waals surface area contributed by atoms with Gasteiger partial charge in [-0.1, -0.05) is 30.7 Å². The van der Waals surface area contributed by atoms with Crippen molar-refractivity contribution < 1.29 is 13.9 Å². The molecule has 0 radical (unpaired) electrons. The molecule has 0 saturated heterocycles. The fourth-order valence-electron chi connectivity index (χ4n) is 2.65. The molecule has 0 amide bonds. The molecule has 1 nitrogen and oxygen atoms in total. The van der Waals surface area contributed by atoms with Gasteiger partial charge in [0.25, 0.3) is 0 Å². The molecular formula is C17H16F2O. The molecule has 0 heterocycles. The summed E-state index contributed by atoms with van der Waals surface area (Å²) in [6.07, 6.45) is 2.59. The molecule has 3 heteroatoms. The van der Waals surface area contributed by atoms with Crippen LogP contribution in [0.3, 0.4) is 0 Å². The molecule has 3 rings (SSSR count). The summed E-state index contributed by atoms with van der Waals surface area (Å²) in [5, 5.41) is 10.3. The molecule has 1 unspecified atom stereocenters. The Morgan fingerprint density at radius 2 is 1.65 bits per heavy atom. The fourth-order valence-corrected chi connectivity index (χ4v) is 2.65. The summed E-state index contributed by atoms with van der Waals surface area (Å²) in [5.41, 5.74) is 2.12. The third kappa shape index (κ3) is 2.59. The average molecular weight is 274 g/mol. The van der Waals surface area contributed by atoms with E-state index in [1.807, 2.05) is 18.2 Å². The van der Waals surface area contributed by atoms with E-state index in [1.165, 1.54) is 37.0 Å². The standard InChI is InChI=1S/C17H16F2O/c18-15-8-14(9-16(19)10-15)17(20)13-6-2-5-12(7-13)11-3-1-4-11/h2,5-11,17,20H,1,3-4H2. The lowest BCUT2D eigenvalue weighted by atomic mass is 9.79. The maximum Gasteiger partial charge on any atom is 0.126 e. The van der Waals surface area contributed by atoms with Gasteiger partial charge >= 0.3 is 0 Å².